The monoisotopic (exact) mass is 332 g/mol. The lowest BCUT2D eigenvalue weighted by Crippen LogP contribution is -2.22. The molecule has 0 saturated carbocycles. The number of benzene rings is 2. The third-order valence-electron chi connectivity index (χ3n) is 3.18. The summed E-state index contributed by atoms with van der Waals surface area (Å²) in [6.07, 6.45) is 1.50. The third kappa shape index (κ3) is 2.84. The van der Waals surface area contributed by atoms with Crippen molar-refractivity contribution in [3.05, 3.63) is 64.3 Å². The van der Waals surface area contributed by atoms with Crippen LogP contribution in [-0.4, -0.2) is 16.7 Å². The first kappa shape index (κ1) is 14.6. The molecule has 0 fully saturated rings. The van der Waals surface area contributed by atoms with Crippen LogP contribution in [0.5, 0.6) is 0 Å². The minimum absolute atomic E-state index is 0.297. The molecule has 0 aliphatic carbocycles. The van der Waals surface area contributed by atoms with Gasteiger partial charge in [-0.05, 0) is 30.3 Å². The van der Waals surface area contributed by atoms with Crippen LogP contribution in [0.4, 0.5) is 5.69 Å². The number of hydrogen-bond donors (Lipinski definition) is 2. The lowest BCUT2D eigenvalue weighted by atomic mass is 10.1. The highest BCUT2D eigenvalue weighted by molar-refractivity contribution is 6.48. The molecule has 0 unspecified atom stereocenters. The summed E-state index contributed by atoms with van der Waals surface area (Å²) in [6.45, 7) is 0. The Labute approximate surface area is 136 Å². The molecule has 1 heterocycles. The van der Waals surface area contributed by atoms with E-state index in [1.807, 2.05) is 0 Å². The van der Waals surface area contributed by atoms with Crippen LogP contribution in [0, 0.1) is 0 Å². The maximum absolute atomic E-state index is 12.3. The highest BCUT2D eigenvalue weighted by Crippen LogP contribution is 2.23. The number of Topliss-reactive ketones (excluding diaryl/α,β-unsaturated/α-hetero) is 1. The van der Waals surface area contributed by atoms with E-state index in [4.69, 9.17) is 23.2 Å². The Bertz CT molecular complexity index is 887. The second kappa shape index (κ2) is 5.83. The van der Waals surface area contributed by atoms with Crippen LogP contribution in [0.1, 0.15) is 10.4 Å². The summed E-state index contributed by atoms with van der Waals surface area (Å²) >= 11 is 11.7. The molecule has 4 nitrogen and oxygen atoms in total. The van der Waals surface area contributed by atoms with Gasteiger partial charge in [-0.1, -0.05) is 35.3 Å². The fraction of sp³-hybridized carbons (Fsp3) is 0. The highest BCUT2D eigenvalue weighted by atomic mass is 35.5. The number of rotatable bonds is 3. The van der Waals surface area contributed by atoms with Gasteiger partial charge >= 0.3 is 0 Å². The lowest BCUT2D eigenvalue weighted by Gasteiger charge is -2.04. The largest absolute Gasteiger partial charge is 0.360 e. The summed E-state index contributed by atoms with van der Waals surface area (Å²) in [5.74, 6) is -1.35. The number of hydrogen-bond acceptors (Lipinski definition) is 2. The van der Waals surface area contributed by atoms with Crippen molar-refractivity contribution in [3.8, 4) is 0 Å². The van der Waals surface area contributed by atoms with Gasteiger partial charge in [0.25, 0.3) is 11.7 Å². The normalized spacial score (nSPS) is 10.6. The van der Waals surface area contributed by atoms with Crippen molar-refractivity contribution in [3.63, 3.8) is 0 Å². The molecule has 0 aliphatic rings. The van der Waals surface area contributed by atoms with Gasteiger partial charge in [0, 0.05) is 32.8 Å². The minimum atomic E-state index is -0.724. The van der Waals surface area contributed by atoms with E-state index in [2.05, 4.69) is 10.3 Å². The van der Waals surface area contributed by atoms with Gasteiger partial charge in [0.05, 0.1) is 5.56 Å². The molecule has 0 radical (unpaired) electrons. The molecule has 2 aromatic carbocycles. The van der Waals surface area contributed by atoms with Crippen LogP contribution >= 0.6 is 23.2 Å². The molecule has 2 N–H and O–H groups in total. The molecule has 0 saturated heterocycles. The van der Waals surface area contributed by atoms with Gasteiger partial charge in [-0.25, -0.2) is 0 Å². The van der Waals surface area contributed by atoms with Crippen LogP contribution in [0.2, 0.25) is 10.0 Å². The van der Waals surface area contributed by atoms with Crippen LogP contribution in [0.3, 0.4) is 0 Å². The van der Waals surface area contributed by atoms with E-state index in [9.17, 15) is 9.59 Å². The number of H-pyrrole nitrogens is 1. The number of carbonyl (C=O) groups is 2. The van der Waals surface area contributed by atoms with Crippen LogP contribution in [0.25, 0.3) is 10.9 Å². The average molecular weight is 333 g/mol. The number of fused-ring (bicyclic) bond motifs is 1. The number of ketones is 1. The van der Waals surface area contributed by atoms with E-state index < -0.39 is 11.7 Å². The zero-order valence-electron chi connectivity index (χ0n) is 11.2. The van der Waals surface area contributed by atoms with Gasteiger partial charge < -0.3 is 10.3 Å². The first-order valence-electron chi connectivity index (χ1n) is 6.42. The molecule has 0 bridgehead atoms. The van der Waals surface area contributed by atoms with Crippen molar-refractivity contribution in [2.24, 2.45) is 0 Å². The zero-order chi connectivity index (χ0) is 15.7. The van der Waals surface area contributed by atoms with Crippen molar-refractivity contribution in [1.29, 1.82) is 0 Å². The Morgan fingerprint density at radius 1 is 1.00 bits per heavy atom. The summed E-state index contributed by atoms with van der Waals surface area (Å²) in [4.78, 5) is 27.3. The van der Waals surface area contributed by atoms with Crippen molar-refractivity contribution in [2.75, 3.05) is 5.32 Å². The molecule has 1 amide bonds. The van der Waals surface area contributed by atoms with Crippen molar-refractivity contribution >= 4 is 51.5 Å². The van der Waals surface area contributed by atoms with E-state index >= 15 is 0 Å². The smallest absolute Gasteiger partial charge is 0.296 e. The first-order chi connectivity index (χ1) is 10.5. The Hall–Kier alpha value is -2.30. The Morgan fingerprint density at radius 2 is 1.77 bits per heavy atom. The SMILES string of the molecule is O=C(Nc1cccc(Cl)c1)C(=O)c1c[nH]c2cc(Cl)ccc12. The standard InChI is InChI=1S/C16H10Cl2N2O2/c17-9-2-1-3-11(6-9)20-16(22)15(21)13-8-19-14-7-10(18)4-5-12(13)14/h1-8,19H,(H,20,22). The predicted octanol–water partition coefficient (Wildman–Crippen LogP) is 4.30. The van der Waals surface area contributed by atoms with Crippen molar-refractivity contribution in [2.45, 2.75) is 0 Å². The number of halogens is 2. The summed E-state index contributed by atoms with van der Waals surface area (Å²) in [5, 5.41) is 4.21. The Balaban J connectivity index is 1.87. The van der Waals surface area contributed by atoms with Crippen LogP contribution < -0.4 is 5.32 Å². The number of aromatic nitrogens is 1. The summed E-state index contributed by atoms with van der Waals surface area (Å²) in [7, 11) is 0. The Morgan fingerprint density at radius 3 is 2.55 bits per heavy atom. The number of nitrogens with one attached hydrogen (secondary N) is 2. The number of carbonyl (C=O) groups excluding carboxylic acids is 2. The van der Waals surface area contributed by atoms with Crippen LogP contribution in [0.15, 0.2) is 48.7 Å². The fourth-order valence-electron chi connectivity index (χ4n) is 2.16. The van der Waals surface area contributed by atoms with Crippen LogP contribution in [-0.2, 0) is 4.79 Å². The molecule has 0 spiro atoms. The average Bonchev–Trinajstić information content (AvgIpc) is 2.89. The van der Waals surface area contributed by atoms with Gasteiger partial charge in [-0.2, -0.15) is 0 Å². The summed E-state index contributed by atoms with van der Waals surface area (Å²) < 4.78 is 0. The van der Waals surface area contributed by atoms with Gasteiger partial charge in [0.2, 0.25) is 0 Å². The zero-order valence-corrected chi connectivity index (χ0v) is 12.7. The maximum Gasteiger partial charge on any atom is 0.296 e. The van der Waals surface area contributed by atoms with E-state index in [0.717, 1.165) is 0 Å². The van der Waals surface area contributed by atoms with E-state index in [0.29, 0.717) is 32.2 Å². The molecule has 0 atom stereocenters. The molecular formula is C16H10Cl2N2O2. The maximum atomic E-state index is 12.3. The number of amides is 1. The molecule has 1 aromatic heterocycles. The molecule has 110 valence electrons. The molecular weight excluding hydrogens is 323 g/mol. The Kier molecular flexibility index (Phi) is 3.88. The number of anilines is 1. The minimum Gasteiger partial charge on any atom is -0.360 e. The quantitative estimate of drug-likeness (QED) is 0.555. The highest BCUT2D eigenvalue weighted by Gasteiger charge is 2.20. The van der Waals surface area contributed by atoms with E-state index in [1.165, 1.54) is 6.20 Å². The first-order valence-corrected chi connectivity index (χ1v) is 7.18. The van der Waals surface area contributed by atoms with Gasteiger partial charge in [0.1, 0.15) is 0 Å². The van der Waals surface area contributed by atoms with Gasteiger partial charge in [0.15, 0.2) is 0 Å². The van der Waals surface area contributed by atoms with Gasteiger partial charge in [-0.15, -0.1) is 0 Å². The molecule has 22 heavy (non-hydrogen) atoms. The van der Waals surface area contributed by atoms with Gasteiger partial charge in [-0.3, -0.25) is 9.59 Å². The molecule has 3 aromatic rings. The van der Waals surface area contributed by atoms with Crippen molar-refractivity contribution < 1.29 is 9.59 Å². The molecule has 6 heteroatoms. The summed E-state index contributed by atoms with van der Waals surface area (Å²) in [6, 6.07) is 11.7. The summed E-state index contributed by atoms with van der Waals surface area (Å²) in [5.41, 5.74) is 1.46. The van der Waals surface area contributed by atoms with E-state index in [-0.39, 0.29) is 0 Å². The predicted molar refractivity (Wildman–Crippen MR) is 87.7 cm³/mol. The fourth-order valence-corrected chi connectivity index (χ4v) is 2.53. The third-order valence-corrected chi connectivity index (χ3v) is 3.65. The lowest BCUT2D eigenvalue weighted by molar-refractivity contribution is -0.112. The second-order valence-corrected chi connectivity index (χ2v) is 5.56. The topological polar surface area (TPSA) is 62.0 Å². The number of aromatic amines is 1. The second-order valence-electron chi connectivity index (χ2n) is 4.69. The molecule has 0 aliphatic heterocycles. The molecule has 3 rings (SSSR count). The van der Waals surface area contributed by atoms with E-state index in [1.54, 1.807) is 42.5 Å². The van der Waals surface area contributed by atoms with Crippen molar-refractivity contribution in [1.82, 2.24) is 4.98 Å².